The standard InChI is InChI=1S/C17H21N3O2S/c1-12-11-23-17(18-12)15-5-3-4-14(19-15)8-13-6-7-20(9-13)16(21)10-22-2/h3-5,11,13H,6-10H2,1-2H3/t13-/m1/s1. The molecule has 0 aromatic carbocycles. The van der Waals surface area contributed by atoms with Crippen LogP contribution in [0.4, 0.5) is 0 Å². The minimum atomic E-state index is 0.0787. The van der Waals surface area contributed by atoms with Crippen molar-refractivity contribution in [2.45, 2.75) is 19.8 Å². The molecule has 1 fully saturated rings. The van der Waals surface area contributed by atoms with Gasteiger partial charge in [0.2, 0.25) is 5.91 Å². The molecule has 3 heterocycles. The third kappa shape index (κ3) is 3.95. The summed E-state index contributed by atoms with van der Waals surface area (Å²) in [5.74, 6) is 0.548. The molecule has 1 saturated heterocycles. The molecule has 23 heavy (non-hydrogen) atoms. The Morgan fingerprint density at radius 3 is 3.04 bits per heavy atom. The Hall–Kier alpha value is -1.79. The topological polar surface area (TPSA) is 55.3 Å². The summed E-state index contributed by atoms with van der Waals surface area (Å²) in [4.78, 5) is 23.0. The lowest BCUT2D eigenvalue weighted by Gasteiger charge is -2.15. The first-order chi connectivity index (χ1) is 11.2. The number of carbonyl (C=O) groups is 1. The molecular formula is C17H21N3O2S. The maximum Gasteiger partial charge on any atom is 0.248 e. The Kier molecular flexibility index (Phi) is 5.03. The molecule has 0 bridgehead atoms. The Bertz CT molecular complexity index is 686. The van der Waals surface area contributed by atoms with Crippen LogP contribution in [-0.2, 0) is 16.0 Å². The van der Waals surface area contributed by atoms with E-state index in [9.17, 15) is 4.79 Å². The summed E-state index contributed by atoms with van der Waals surface area (Å²) in [6.45, 7) is 3.78. The van der Waals surface area contributed by atoms with Crippen LogP contribution >= 0.6 is 11.3 Å². The van der Waals surface area contributed by atoms with E-state index in [0.717, 1.165) is 48.0 Å². The highest BCUT2D eigenvalue weighted by Gasteiger charge is 2.26. The molecule has 122 valence electrons. The Morgan fingerprint density at radius 2 is 2.30 bits per heavy atom. The van der Waals surface area contributed by atoms with Crippen molar-refractivity contribution in [3.05, 3.63) is 35.0 Å². The Labute approximate surface area is 140 Å². The largest absolute Gasteiger partial charge is 0.375 e. The number of nitrogens with zero attached hydrogens (tertiary/aromatic N) is 3. The van der Waals surface area contributed by atoms with Crippen LogP contribution in [0.1, 0.15) is 17.8 Å². The molecule has 2 aromatic rings. The predicted octanol–water partition coefficient (Wildman–Crippen LogP) is 2.55. The first-order valence-electron chi connectivity index (χ1n) is 7.81. The molecule has 1 atom stereocenters. The van der Waals surface area contributed by atoms with Gasteiger partial charge in [-0.05, 0) is 37.8 Å². The van der Waals surface area contributed by atoms with Gasteiger partial charge in [0.25, 0.3) is 0 Å². The van der Waals surface area contributed by atoms with Gasteiger partial charge in [0.1, 0.15) is 11.6 Å². The summed E-state index contributed by atoms with van der Waals surface area (Å²) in [5, 5.41) is 3.01. The third-order valence-electron chi connectivity index (χ3n) is 4.05. The van der Waals surface area contributed by atoms with Crippen molar-refractivity contribution in [3.8, 4) is 10.7 Å². The molecule has 1 amide bonds. The van der Waals surface area contributed by atoms with Gasteiger partial charge in [-0.15, -0.1) is 11.3 Å². The quantitative estimate of drug-likeness (QED) is 0.845. The Morgan fingerprint density at radius 1 is 1.43 bits per heavy atom. The highest BCUT2D eigenvalue weighted by Crippen LogP contribution is 2.24. The fourth-order valence-electron chi connectivity index (χ4n) is 2.92. The average Bonchev–Trinajstić information content (AvgIpc) is 3.17. The number of aromatic nitrogens is 2. The van der Waals surface area contributed by atoms with Crippen LogP contribution in [0.5, 0.6) is 0 Å². The minimum absolute atomic E-state index is 0.0787. The third-order valence-corrected chi connectivity index (χ3v) is 5.03. The predicted molar refractivity (Wildman–Crippen MR) is 90.3 cm³/mol. The number of likely N-dealkylation sites (tertiary alicyclic amines) is 1. The van der Waals surface area contributed by atoms with Gasteiger partial charge in [-0.25, -0.2) is 4.98 Å². The van der Waals surface area contributed by atoms with Crippen LogP contribution in [0.15, 0.2) is 23.6 Å². The van der Waals surface area contributed by atoms with Crippen LogP contribution in [0.25, 0.3) is 10.7 Å². The number of rotatable bonds is 5. The number of pyridine rings is 1. The number of methoxy groups -OCH3 is 1. The lowest BCUT2D eigenvalue weighted by molar-refractivity contribution is -0.134. The molecule has 6 heteroatoms. The van der Waals surface area contributed by atoms with Crippen molar-refractivity contribution in [2.75, 3.05) is 26.8 Å². The zero-order valence-corrected chi connectivity index (χ0v) is 14.3. The molecule has 1 aliphatic heterocycles. The number of ether oxygens (including phenoxy) is 1. The molecule has 0 radical (unpaired) electrons. The van der Waals surface area contributed by atoms with Crippen LogP contribution < -0.4 is 0 Å². The molecule has 1 aliphatic rings. The first-order valence-corrected chi connectivity index (χ1v) is 8.69. The second kappa shape index (κ2) is 7.19. The van der Waals surface area contributed by atoms with Gasteiger partial charge in [-0.1, -0.05) is 6.07 Å². The maximum absolute atomic E-state index is 11.9. The van der Waals surface area contributed by atoms with Crippen molar-refractivity contribution in [1.82, 2.24) is 14.9 Å². The smallest absolute Gasteiger partial charge is 0.248 e. The van der Waals surface area contributed by atoms with Crippen molar-refractivity contribution in [2.24, 2.45) is 5.92 Å². The maximum atomic E-state index is 11.9. The SMILES string of the molecule is COCC(=O)N1CC[C@H](Cc2cccc(-c3nc(C)cs3)n2)C1. The number of thiazole rings is 1. The number of amides is 1. The highest BCUT2D eigenvalue weighted by atomic mass is 32.1. The fraction of sp³-hybridized carbons (Fsp3) is 0.471. The molecular weight excluding hydrogens is 310 g/mol. The van der Waals surface area contributed by atoms with Crippen LogP contribution in [0, 0.1) is 12.8 Å². The van der Waals surface area contributed by atoms with Gasteiger partial charge >= 0.3 is 0 Å². The number of aryl methyl sites for hydroxylation is 1. The van der Waals surface area contributed by atoms with E-state index in [1.165, 1.54) is 0 Å². The van der Waals surface area contributed by atoms with E-state index in [1.807, 2.05) is 29.3 Å². The van der Waals surface area contributed by atoms with Crippen molar-refractivity contribution in [3.63, 3.8) is 0 Å². The molecule has 3 rings (SSSR count). The summed E-state index contributed by atoms with van der Waals surface area (Å²) in [5.41, 5.74) is 3.03. The van der Waals surface area contributed by atoms with E-state index < -0.39 is 0 Å². The van der Waals surface area contributed by atoms with E-state index in [4.69, 9.17) is 9.72 Å². The van der Waals surface area contributed by atoms with Gasteiger partial charge in [0.05, 0.1) is 5.69 Å². The van der Waals surface area contributed by atoms with E-state index in [0.29, 0.717) is 5.92 Å². The second-order valence-electron chi connectivity index (χ2n) is 5.94. The molecule has 2 aromatic heterocycles. The second-order valence-corrected chi connectivity index (χ2v) is 6.80. The van der Waals surface area contributed by atoms with Crippen LogP contribution in [0.2, 0.25) is 0 Å². The van der Waals surface area contributed by atoms with Crippen molar-refractivity contribution in [1.29, 1.82) is 0 Å². The van der Waals surface area contributed by atoms with Crippen molar-refractivity contribution >= 4 is 17.2 Å². The number of hydrogen-bond donors (Lipinski definition) is 0. The lowest BCUT2D eigenvalue weighted by atomic mass is 10.0. The van der Waals surface area contributed by atoms with Gasteiger partial charge in [0, 0.05) is 37.0 Å². The minimum Gasteiger partial charge on any atom is -0.375 e. The zero-order valence-electron chi connectivity index (χ0n) is 13.5. The summed E-state index contributed by atoms with van der Waals surface area (Å²) >= 11 is 1.62. The Balaban J connectivity index is 1.64. The van der Waals surface area contributed by atoms with E-state index in [-0.39, 0.29) is 12.5 Å². The van der Waals surface area contributed by atoms with Gasteiger partial charge in [-0.2, -0.15) is 0 Å². The van der Waals surface area contributed by atoms with Gasteiger partial charge < -0.3 is 9.64 Å². The van der Waals surface area contributed by atoms with E-state index >= 15 is 0 Å². The molecule has 0 aliphatic carbocycles. The van der Waals surface area contributed by atoms with E-state index in [1.54, 1.807) is 18.4 Å². The molecule has 0 unspecified atom stereocenters. The highest BCUT2D eigenvalue weighted by molar-refractivity contribution is 7.13. The first kappa shape index (κ1) is 16.1. The van der Waals surface area contributed by atoms with Crippen LogP contribution in [-0.4, -0.2) is 47.6 Å². The summed E-state index contributed by atoms with van der Waals surface area (Å²) in [7, 11) is 1.56. The average molecular weight is 331 g/mol. The number of carbonyl (C=O) groups excluding carboxylic acids is 1. The summed E-state index contributed by atoms with van der Waals surface area (Å²) < 4.78 is 4.93. The van der Waals surface area contributed by atoms with Gasteiger partial charge in [0.15, 0.2) is 0 Å². The normalized spacial score (nSPS) is 17.7. The van der Waals surface area contributed by atoms with Crippen molar-refractivity contribution < 1.29 is 9.53 Å². The molecule has 5 nitrogen and oxygen atoms in total. The summed E-state index contributed by atoms with van der Waals surface area (Å²) in [6, 6.07) is 6.10. The lowest BCUT2D eigenvalue weighted by Crippen LogP contribution is -2.31. The fourth-order valence-corrected chi connectivity index (χ4v) is 3.69. The van der Waals surface area contributed by atoms with Gasteiger partial charge in [-0.3, -0.25) is 9.78 Å². The molecule has 0 N–H and O–H groups in total. The zero-order chi connectivity index (χ0) is 16.2. The van der Waals surface area contributed by atoms with E-state index in [2.05, 4.69) is 11.1 Å². The number of hydrogen-bond acceptors (Lipinski definition) is 5. The molecule has 0 spiro atoms. The molecule has 0 saturated carbocycles. The monoisotopic (exact) mass is 331 g/mol. The summed E-state index contributed by atoms with van der Waals surface area (Å²) in [6.07, 6.45) is 1.92. The van der Waals surface area contributed by atoms with Crippen LogP contribution in [0.3, 0.4) is 0 Å².